The third-order valence-electron chi connectivity index (χ3n) is 1.60. The summed E-state index contributed by atoms with van der Waals surface area (Å²) in [5.74, 6) is 0.291. The number of allylic oxidation sites excluding steroid dienone is 1. The summed E-state index contributed by atoms with van der Waals surface area (Å²) in [6, 6.07) is 0. The predicted octanol–water partition coefficient (Wildman–Crippen LogP) is 0.699. The normalized spacial score (nSPS) is 24.3. The first-order valence-electron chi connectivity index (χ1n) is 3.23. The van der Waals surface area contributed by atoms with Crippen molar-refractivity contribution in [1.29, 1.82) is 0 Å². The van der Waals surface area contributed by atoms with Gasteiger partial charge in [0, 0.05) is 7.05 Å². The number of nitrogens with one attached hydrogen (secondary N) is 1. The molecule has 0 aliphatic heterocycles. The highest BCUT2D eigenvalue weighted by Crippen LogP contribution is 2.15. The van der Waals surface area contributed by atoms with Gasteiger partial charge in [0.15, 0.2) is 0 Å². The molecule has 0 heterocycles. The lowest BCUT2D eigenvalue weighted by Crippen LogP contribution is -2.24. The Balaban J connectivity index is 2.43. The standard InChI is InChI=1S/C7H11NO/c1-8-7(9)6-4-2-3-5-6/h2,4,6H,3,5H2,1H3,(H,8,9). The Hall–Kier alpha value is -0.790. The fraction of sp³-hybridized carbons (Fsp3) is 0.571. The molecule has 0 radical (unpaired) electrons. The van der Waals surface area contributed by atoms with E-state index < -0.39 is 0 Å². The van der Waals surface area contributed by atoms with Gasteiger partial charge in [-0.3, -0.25) is 4.79 Å². The van der Waals surface area contributed by atoms with E-state index in [1.807, 2.05) is 6.08 Å². The average Bonchev–Trinajstić information content (AvgIpc) is 2.37. The van der Waals surface area contributed by atoms with Crippen molar-refractivity contribution >= 4 is 5.91 Å². The van der Waals surface area contributed by atoms with Crippen molar-refractivity contribution in [3.8, 4) is 0 Å². The molecule has 0 aromatic rings. The quantitative estimate of drug-likeness (QED) is 0.513. The molecule has 1 rings (SSSR count). The van der Waals surface area contributed by atoms with Crippen LogP contribution in [0.3, 0.4) is 0 Å². The van der Waals surface area contributed by atoms with Crippen LogP contribution in [0.4, 0.5) is 0 Å². The van der Waals surface area contributed by atoms with Crippen molar-refractivity contribution in [2.45, 2.75) is 12.8 Å². The van der Waals surface area contributed by atoms with Gasteiger partial charge in [0.25, 0.3) is 0 Å². The SMILES string of the molecule is CNC(=O)C1C=CCC1. The smallest absolute Gasteiger partial charge is 0.226 e. The van der Waals surface area contributed by atoms with Crippen molar-refractivity contribution < 1.29 is 4.79 Å². The van der Waals surface area contributed by atoms with Gasteiger partial charge in [0.2, 0.25) is 5.91 Å². The summed E-state index contributed by atoms with van der Waals surface area (Å²) in [7, 11) is 1.68. The summed E-state index contributed by atoms with van der Waals surface area (Å²) >= 11 is 0. The van der Waals surface area contributed by atoms with E-state index in [1.165, 1.54) is 0 Å². The van der Waals surface area contributed by atoms with Crippen molar-refractivity contribution in [2.75, 3.05) is 7.05 Å². The van der Waals surface area contributed by atoms with E-state index in [2.05, 4.69) is 11.4 Å². The summed E-state index contributed by atoms with van der Waals surface area (Å²) in [6.45, 7) is 0. The van der Waals surface area contributed by atoms with Crippen molar-refractivity contribution in [1.82, 2.24) is 5.32 Å². The molecule has 1 aliphatic carbocycles. The largest absolute Gasteiger partial charge is 0.359 e. The molecule has 9 heavy (non-hydrogen) atoms. The van der Waals surface area contributed by atoms with Crippen LogP contribution in [0, 0.1) is 5.92 Å². The van der Waals surface area contributed by atoms with Gasteiger partial charge < -0.3 is 5.32 Å². The maximum atomic E-state index is 10.9. The van der Waals surface area contributed by atoms with Crippen LogP contribution in [-0.4, -0.2) is 13.0 Å². The maximum absolute atomic E-state index is 10.9. The predicted molar refractivity (Wildman–Crippen MR) is 35.9 cm³/mol. The van der Waals surface area contributed by atoms with Crippen molar-refractivity contribution in [3.63, 3.8) is 0 Å². The number of hydrogen-bond acceptors (Lipinski definition) is 1. The second-order valence-corrected chi connectivity index (χ2v) is 2.23. The van der Waals surface area contributed by atoms with Crippen molar-refractivity contribution in [3.05, 3.63) is 12.2 Å². The molecule has 0 bridgehead atoms. The molecule has 0 spiro atoms. The van der Waals surface area contributed by atoms with Gasteiger partial charge in [-0.2, -0.15) is 0 Å². The molecule has 0 aromatic carbocycles. The Morgan fingerprint density at radius 1 is 1.78 bits per heavy atom. The summed E-state index contributed by atoms with van der Waals surface area (Å²) in [6.07, 6.45) is 6.07. The molecule has 1 unspecified atom stereocenters. The maximum Gasteiger partial charge on any atom is 0.226 e. The molecule has 0 saturated carbocycles. The molecule has 2 heteroatoms. The highest BCUT2D eigenvalue weighted by molar-refractivity contribution is 5.80. The first-order chi connectivity index (χ1) is 4.34. The highest BCUT2D eigenvalue weighted by Gasteiger charge is 2.15. The molecular weight excluding hydrogens is 114 g/mol. The van der Waals surface area contributed by atoms with E-state index in [4.69, 9.17) is 0 Å². The second-order valence-electron chi connectivity index (χ2n) is 2.23. The number of rotatable bonds is 1. The third-order valence-corrected chi connectivity index (χ3v) is 1.60. The van der Waals surface area contributed by atoms with E-state index in [1.54, 1.807) is 7.05 Å². The molecule has 0 saturated heterocycles. The summed E-state index contributed by atoms with van der Waals surface area (Å²) in [4.78, 5) is 10.9. The fourth-order valence-corrected chi connectivity index (χ4v) is 1.04. The number of carbonyl (C=O) groups is 1. The van der Waals surface area contributed by atoms with Crippen LogP contribution in [0.15, 0.2) is 12.2 Å². The Morgan fingerprint density at radius 2 is 2.56 bits per heavy atom. The minimum Gasteiger partial charge on any atom is -0.359 e. The van der Waals surface area contributed by atoms with E-state index in [0.29, 0.717) is 0 Å². The first-order valence-corrected chi connectivity index (χ1v) is 3.23. The molecule has 1 N–H and O–H groups in total. The number of carbonyl (C=O) groups excluding carboxylic acids is 1. The second kappa shape index (κ2) is 2.67. The van der Waals surface area contributed by atoms with Crippen LogP contribution in [-0.2, 0) is 4.79 Å². The fourth-order valence-electron chi connectivity index (χ4n) is 1.04. The zero-order valence-electron chi connectivity index (χ0n) is 5.55. The molecule has 0 fully saturated rings. The van der Waals surface area contributed by atoms with Crippen LogP contribution in [0.5, 0.6) is 0 Å². The molecule has 1 aliphatic rings. The Labute approximate surface area is 54.9 Å². The monoisotopic (exact) mass is 125 g/mol. The molecule has 1 amide bonds. The molecular formula is C7H11NO. The zero-order chi connectivity index (χ0) is 6.69. The topological polar surface area (TPSA) is 29.1 Å². The van der Waals surface area contributed by atoms with Crippen LogP contribution >= 0.6 is 0 Å². The van der Waals surface area contributed by atoms with Crippen LogP contribution in [0.2, 0.25) is 0 Å². The molecule has 0 aromatic heterocycles. The average molecular weight is 125 g/mol. The highest BCUT2D eigenvalue weighted by atomic mass is 16.1. The van der Waals surface area contributed by atoms with Gasteiger partial charge in [-0.25, -0.2) is 0 Å². The minimum atomic E-state index is 0.142. The van der Waals surface area contributed by atoms with Gasteiger partial charge in [0.05, 0.1) is 5.92 Å². The molecule has 1 atom stereocenters. The number of amides is 1. The Kier molecular flexibility index (Phi) is 1.88. The molecule has 2 nitrogen and oxygen atoms in total. The van der Waals surface area contributed by atoms with Gasteiger partial charge in [-0.15, -0.1) is 0 Å². The van der Waals surface area contributed by atoms with Gasteiger partial charge >= 0.3 is 0 Å². The minimum absolute atomic E-state index is 0.142. The summed E-state index contributed by atoms with van der Waals surface area (Å²) in [5, 5.41) is 2.62. The zero-order valence-corrected chi connectivity index (χ0v) is 5.55. The number of hydrogen-bond donors (Lipinski definition) is 1. The van der Waals surface area contributed by atoms with Gasteiger partial charge in [0.1, 0.15) is 0 Å². The third kappa shape index (κ3) is 1.31. The summed E-state index contributed by atoms with van der Waals surface area (Å²) < 4.78 is 0. The van der Waals surface area contributed by atoms with E-state index >= 15 is 0 Å². The lowest BCUT2D eigenvalue weighted by atomic mass is 10.1. The van der Waals surface area contributed by atoms with Crippen LogP contribution in [0.25, 0.3) is 0 Å². The van der Waals surface area contributed by atoms with Crippen molar-refractivity contribution in [2.24, 2.45) is 5.92 Å². The van der Waals surface area contributed by atoms with Gasteiger partial charge in [-0.1, -0.05) is 12.2 Å². The molecule has 50 valence electrons. The summed E-state index contributed by atoms with van der Waals surface area (Å²) in [5.41, 5.74) is 0. The first kappa shape index (κ1) is 6.33. The van der Waals surface area contributed by atoms with E-state index in [-0.39, 0.29) is 11.8 Å². The van der Waals surface area contributed by atoms with Gasteiger partial charge in [-0.05, 0) is 12.8 Å². The van der Waals surface area contributed by atoms with E-state index in [9.17, 15) is 4.79 Å². The Morgan fingerprint density at radius 3 is 3.00 bits per heavy atom. The lowest BCUT2D eigenvalue weighted by molar-refractivity contribution is -0.123. The van der Waals surface area contributed by atoms with Crippen LogP contribution in [0.1, 0.15) is 12.8 Å². The van der Waals surface area contributed by atoms with Crippen LogP contribution < -0.4 is 5.32 Å². The Bertz CT molecular complexity index is 140. The lowest BCUT2D eigenvalue weighted by Gasteiger charge is -2.02. The van der Waals surface area contributed by atoms with E-state index in [0.717, 1.165) is 12.8 Å².